The highest BCUT2D eigenvalue weighted by molar-refractivity contribution is 7.99. The number of rotatable bonds is 3. The van der Waals surface area contributed by atoms with Gasteiger partial charge in [-0.05, 0) is 37.2 Å². The average molecular weight is 310 g/mol. The Labute approximate surface area is 126 Å². The molecule has 3 rings (SSSR count). The number of carbonyl (C=O) groups is 2. The smallest absolute Gasteiger partial charge is 0.356 e. The fraction of sp³-hybridized carbons (Fsp3) is 0.643. The Morgan fingerprint density at radius 3 is 2.52 bits per heavy atom. The van der Waals surface area contributed by atoms with Crippen LogP contribution >= 0.6 is 11.8 Å². The summed E-state index contributed by atoms with van der Waals surface area (Å²) in [5, 5.41) is 18.8. The highest BCUT2D eigenvalue weighted by atomic mass is 32.2. The van der Waals surface area contributed by atoms with Crippen LogP contribution in [0.5, 0.6) is 0 Å². The van der Waals surface area contributed by atoms with Gasteiger partial charge < -0.3 is 14.8 Å². The van der Waals surface area contributed by atoms with Gasteiger partial charge in [0.2, 0.25) is 0 Å². The molecule has 0 amide bonds. The zero-order valence-electron chi connectivity index (χ0n) is 11.6. The first-order chi connectivity index (χ1) is 10.1. The van der Waals surface area contributed by atoms with Crippen LogP contribution in [0.2, 0.25) is 0 Å². The quantitative estimate of drug-likeness (QED) is 0.888. The number of aromatic nitrogens is 2. The zero-order chi connectivity index (χ0) is 15.0. The van der Waals surface area contributed by atoms with Crippen molar-refractivity contribution >= 4 is 23.7 Å². The Balaban J connectivity index is 2.08. The van der Waals surface area contributed by atoms with Crippen LogP contribution in [0.25, 0.3) is 0 Å². The molecule has 1 fully saturated rings. The van der Waals surface area contributed by atoms with E-state index in [4.69, 9.17) is 0 Å². The molecule has 2 aliphatic heterocycles. The molecule has 1 atom stereocenters. The van der Waals surface area contributed by atoms with E-state index >= 15 is 0 Å². The largest absolute Gasteiger partial charge is 0.481 e. The lowest BCUT2D eigenvalue weighted by atomic mass is 9.94. The first-order valence-electron chi connectivity index (χ1n) is 7.23. The molecule has 0 saturated carbocycles. The van der Waals surface area contributed by atoms with E-state index in [0.29, 0.717) is 18.7 Å². The molecule has 7 heteroatoms. The van der Waals surface area contributed by atoms with E-state index in [1.54, 1.807) is 0 Å². The summed E-state index contributed by atoms with van der Waals surface area (Å²) in [7, 11) is 0. The fourth-order valence-electron chi connectivity index (χ4n) is 3.33. The Kier molecular flexibility index (Phi) is 3.93. The summed E-state index contributed by atoms with van der Waals surface area (Å²) in [6.07, 6.45) is 3.21. The highest BCUT2D eigenvalue weighted by Crippen LogP contribution is 2.37. The summed E-state index contributed by atoms with van der Waals surface area (Å²) in [6.45, 7) is 0.679. The van der Waals surface area contributed by atoms with E-state index in [-0.39, 0.29) is 11.6 Å². The van der Waals surface area contributed by atoms with Crippen molar-refractivity contribution in [3.63, 3.8) is 0 Å². The average Bonchev–Trinajstić information content (AvgIpc) is 2.87. The van der Waals surface area contributed by atoms with Crippen molar-refractivity contribution in [2.45, 2.75) is 44.1 Å². The molecule has 1 unspecified atom stereocenters. The number of hydrogen-bond acceptors (Lipinski definition) is 4. The zero-order valence-corrected chi connectivity index (χ0v) is 12.4. The number of nitrogens with zero attached hydrogens (tertiary/aromatic N) is 2. The van der Waals surface area contributed by atoms with Crippen LogP contribution in [0.3, 0.4) is 0 Å². The van der Waals surface area contributed by atoms with Crippen LogP contribution in [-0.2, 0) is 11.3 Å². The summed E-state index contributed by atoms with van der Waals surface area (Å²) in [5.41, 5.74) is 0.338. The Morgan fingerprint density at radius 1 is 1.19 bits per heavy atom. The number of hydrogen-bond donors (Lipinski definition) is 2. The minimum atomic E-state index is -1.12. The van der Waals surface area contributed by atoms with Gasteiger partial charge in [0.15, 0.2) is 5.69 Å². The van der Waals surface area contributed by atoms with Crippen molar-refractivity contribution in [3.05, 3.63) is 17.2 Å². The maximum atomic E-state index is 11.5. The SMILES string of the molecule is O=C(O)c1nc(C2CCSCC2)n2c1C(C(=O)O)CCC2. The van der Waals surface area contributed by atoms with Crippen LogP contribution in [0.15, 0.2) is 0 Å². The lowest BCUT2D eigenvalue weighted by molar-refractivity contribution is -0.139. The monoisotopic (exact) mass is 310 g/mol. The molecule has 0 aromatic carbocycles. The van der Waals surface area contributed by atoms with E-state index in [9.17, 15) is 19.8 Å². The van der Waals surface area contributed by atoms with Crippen LogP contribution in [0.4, 0.5) is 0 Å². The summed E-state index contributed by atoms with van der Waals surface area (Å²) in [4.78, 5) is 27.2. The van der Waals surface area contributed by atoms with Gasteiger partial charge in [-0.15, -0.1) is 0 Å². The molecule has 0 aliphatic carbocycles. The lowest BCUT2D eigenvalue weighted by Crippen LogP contribution is -2.25. The Morgan fingerprint density at radius 2 is 1.90 bits per heavy atom. The minimum Gasteiger partial charge on any atom is -0.481 e. The van der Waals surface area contributed by atoms with Gasteiger partial charge in [0.05, 0.1) is 11.6 Å². The fourth-order valence-corrected chi connectivity index (χ4v) is 4.43. The van der Waals surface area contributed by atoms with Gasteiger partial charge in [-0.3, -0.25) is 4.79 Å². The van der Waals surface area contributed by atoms with Gasteiger partial charge in [-0.1, -0.05) is 0 Å². The molecule has 2 aliphatic rings. The molecule has 0 spiro atoms. The number of carboxylic acids is 2. The second-order valence-corrected chi connectivity index (χ2v) is 6.81. The Hall–Kier alpha value is -1.50. The van der Waals surface area contributed by atoms with Gasteiger partial charge in [0, 0.05) is 12.5 Å². The van der Waals surface area contributed by atoms with Crippen molar-refractivity contribution in [1.29, 1.82) is 0 Å². The van der Waals surface area contributed by atoms with E-state index in [1.165, 1.54) is 0 Å². The predicted molar refractivity (Wildman–Crippen MR) is 78.1 cm³/mol. The standard InChI is InChI=1S/C14H18N2O4S/c17-13(18)9-2-1-5-16-11(9)10(14(19)20)15-12(16)8-3-6-21-7-4-8/h8-9H,1-7H2,(H,17,18)(H,19,20). The second-order valence-electron chi connectivity index (χ2n) is 5.58. The molecular weight excluding hydrogens is 292 g/mol. The van der Waals surface area contributed by atoms with Crippen LogP contribution < -0.4 is 0 Å². The molecule has 0 radical (unpaired) electrons. The number of thioether (sulfide) groups is 1. The highest BCUT2D eigenvalue weighted by Gasteiger charge is 2.36. The van der Waals surface area contributed by atoms with Crippen LogP contribution in [0.1, 0.15) is 59.5 Å². The van der Waals surface area contributed by atoms with Gasteiger partial charge in [-0.2, -0.15) is 11.8 Å². The molecule has 0 bridgehead atoms. The summed E-state index contributed by atoms with van der Waals surface area (Å²) in [6, 6.07) is 0. The number of aromatic carboxylic acids is 1. The lowest BCUT2D eigenvalue weighted by Gasteiger charge is -2.26. The maximum absolute atomic E-state index is 11.5. The van der Waals surface area contributed by atoms with E-state index in [1.807, 2.05) is 16.3 Å². The third-order valence-electron chi connectivity index (χ3n) is 4.33. The van der Waals surface area contributed by atoms with E-state index in [2.05, 4.69) is 4.98 Å². The number of imidazole rings is 1. The number of fused-ring (bicyclic) bond motifs is 1. The third kappa shape index (κ3) is 2.54. The number of carboxylic acid groups (broad SMARTS) is 2. The minimum absolute atomic E-state index is 0.0599. The van der Waals surface area contributed by atoms with Crippen LogP contribution in [0, 0.1) is 0 Å². The maximum Gasteiger partial charge on any atom is 0.356 e. The van der Waals surface area contributed by atoms with Gasteiger partial charge in [-0.25, -0.2) is 9.78 Å². The van der Waals surface area contributed by atoms with Crippen LogP contribution in [-0.4, -0.2) is 43.2 Å². The molecular formula is C14H18N2O4S. The molecule has 114 valence electrons. The first kappa shape index (κ1) is 14.4. The Bertz CT molecular complexity index is 578. The first-order valence-corrected chi connectivity index (χ1v) is 8.39. The molecule has 21 heavy (non-hydrogen) atoms. The van der Waals surface area contributed by atoms with Crippen molar-refractivity contribution in [2.75, 3.05) is 11.5 Å². The molecule has 3 heterocycles. The summed E-state index contributed by atoms with van der Waals surface area (Å²) in [5.74, 6) is 0.325. The third-order valence-corrected chi connectivity index (χ3v) is 5.38. The molecule has 1 saturated heterocycles. The van der Waals surface area contributed by atoms with E-state index < -0.39 is 17.9 Å². The predicted octanol–water partition coefficient (Wildman–Crippen LogP) is 2.15. The van der Waals surface area contributed by atoms with Crippen molar-refractivity contribution < 1.29 is 19.8 Å². The van der Waals surface area contributed by atoms with Gasteiger partial charge in [0.1, 0.15) is 5.82 Å². The normalized spacial score (nSPS) is 22.8. The molecule has 1 aromatic rings. The molecule has 6 nitrogen and oxygen atoms in total. The van der Waals surface area contributed by atoms with Gasteiger partial charge >= 0.3 is 11.9 Å². The number of aliphatic carboxylic acids is 1. The topological polar surface area (TPSA) is 92.4 Å². The van der Waals surface area contributed by atoms with Crippen molar-refractivity contribution in [3.8, 4) is 0 Å². The van der Waals surface area contributed by atoms with Crippen molar-refractivity contribution in [1.82, 2.24) is 9.55 Å². The van der Waals surface area contributed by atoms with Gasteiger partial charge in [0.25, 0.3) is 0 Å². The second kappa shape index (κ2) is 5.71. The van der Waals surface area contributed by atoms with E-state index in [0.717, 1.165) is 36.6 Å². The molecule has 1 aromatic heterocycles. The summed E-state index contributed by atoms with van der Waals surface area (Å²) >= 11 is 1.90. The van der Waals surface area contributed by atoms with Crippen molar-refractivity contribution in [2.24, 2.45) is 0 Å². The molecule has 2 N–H and O–H groups in total. The summed E-state index contributed by atoms with van der Waals surface area (Å²) < 4.78 is 1.88.